The van der Waals surface area contributed by atoms with Crippen LogP contribution < -0.4 is 10.5 Å². The molecule has 0 aliphatic carbocycles. The second kappa shape index (κ2) is 21.5. The van der Waals surface area contributed by atoms with Crippen molar-refractivity contribution in [1.82, 2.24) is 4.72 Å². The number of alkyl halides is 3. The Bertz CT molecular complexity index is 1870. The Morgan fingerprint density at radius 3 is 1.43 bits per heavy atom. The molecule has 0 spiro atoms. The molecule has 4 atom stereocenters. The summed E-state index contributed by atoms with van der Waals surface area (Å²) in [7, 11) is -4.40. The average Bonchev–Trinajstić information content (AvgIpc) is 3.15. The molecule has 4 N–H and O–H groups in total. The Morgan fingerprint density at radius 2 is 1.11 bits per heavy atom. The van der Waals surface area contributed by atoms with Gasteiger partial charge in [0.2, 0.25) is 0 Å². The third-order valence-corrected chi connectivity index (χ3v) is 10.5. The molecule has 4 aromatic rings. The number of ether oxygens (including phenoxy) is 1. The number of rotatable bonds is 10. The van der Waals surface area contributed by atoms with Gasteiger partial charge in [0.1, 0.15) is 0 Å². The van der Waals surface area contributed by atoms with Crippen molar-refractivity contribution in [3.63, 3.8) is 0 Å². The predicted octanol–water partition coefficient (Wildman–Crippen LogP) is 7.96. The average molecular weight is 855 g/mol. The molecule has 54 heavy (non-hydrogen) atoms. The third-order valence-electron chi connectivity index (χ3n) is 9.33. The van der Waals surface area contributed by atoms with Gasteiger partial charge in [-0.1, -0.05) is 91.0 Å². The molecule has 0 aliphatic heterocycles. The molecule has 0 fully saturated rings. The molecule has 0 radical (unpaired) electrons. The number of sulfonamides is 1. The van der Waals surface area contributed by atoms with Gasteiger partial charge < -0.3 is 15.6 Å². The van der Waals surface area contributed by atoms with Crippen molar-refractivity contribution in [1.29, 1.82) is 5.26 Å². The first kappa shape index (κ1) is 47.6. The Kier molecular flexibility index (Phi) is 18.9. The van der Waals surface area contributed by atoms with E-state index in [1.54, 1.807) is 83.6 Å². The summed E-state index contributed by atoms with van der Waals surface area (Å²) in [6, 6.07) is 24.6. The standard InChI is InChI=1S/C15H15F3N2O2S.C13H13NO4.C12H18.Ru/c16-15(17,18)23(21,22)20-14(12-9-5-2-6-10-12)13(19)11-7-3-1-4-8-11;1-18-13(17)11(12(15)16)10(7-8-14)9-5-3-2-4-6-9;1-7-8(2)10(4)12(6)11(5)9(7)3;/h1-10,13-14,20H,19H2;2-6,10-11H,7H2,1H3,(H,15,16);1-6H3;/t13-,14-;;;/m0.../s1. The number of methoxy groups -OCH3 is 1. The van der Waals surface area contributed by atoms with E-state index in [2.05, 4.69) is 46.3 Å². The molecule has 0 heterocycles. The van der Waals surface area contributed by atoms with Gasteiger partial charge in [0.05, 0.1) is 25.3 Å². The number of benzene rings is 4. The van der Waals surface area contributed by atoms with Crippen molar-refractivity contribution in [2.75, 3.05) is 7.11 Å². The normalized spacial score (nSPS) is 13.1. The molecule has 292 valence electrons. The fourth-order valence-corrected chi connectivity index (χ4v) is 6.34. The second-order valence-corrected chi connectivity index (χ2v) is 14.1. The van der Waals surface area contributed by atoms with Gasteiger partial charge in [-0.3, -0.25) is 9.59 Å². The van der Waals surface area contributed by atoms with Crippen LogP contribution in [0.3, 0.4) is 0 Å². The molecule has 2 unspecified atom stereocenters. The molecule has 0 saturated carbocycles. The molecular formula is C40H46F3N3O6RuS. The molecule has 0 saturated heterocycles. The van der Waals surface area contributed by atoms with E-state index in [9.17, 15) is 31.2 Å². The first-order valence-electron chi connectivity index (χ1n) is 16.5. The van der Waals surface area contributed by atoms with Crippen molar-refractivity contribution < 1.29 is 60.5 Å². The van der Waals surface area contributed by atoms with Crippen LogP contribution >= 0.6 is 0 Å². The number of aliphatic carboxylic acids is 1. The first-order valence-corrected chi connectivity index (χ1v) is 18.0. The number of hydrogen-bond donors (Lipinski definition) is 3. The summed E-state index contributed by atoms with van der Waals surface area (Å²) in [5.41, 5.74) is 10.8. The van der Waals surface area contributed by atoms with Crippen LogP contribution in [0.5, 0.6) is 0 Å². The van der Waals surface area contributed by atoms with E-state index in [4.69, 9.17) is 16.1 Å². The van der Waals surface area contributed by atoms with Crippen LogP contribution in [0.2, 0.25) is 0 Å². The van der Waals surface area contributed by atoms with Crippen LogP contribution in [-0.2, 0) is 43.8 Å². The second-order valence-electron chi connectivity index (χ2n) is 12.4. The van der Waals surface area contributed by atoms with E-state index in [1.807, 2.05) is 6.07 Å². The summed E-state index contributed by atoms with van der Waals surface area (Å²) in [5, 5.41) is 17.9. The van der Waals surface area contributed by atoms with E-state index < -0.39 is 51.4 Å². The monoisotopic (exact) mass is 855 g/mol. The number of esters is 1. The van der Waals surface area contributed by atoms with Crippen molar-refractivity contribution >= 4 is 22.0 Å². The summed E-state index contributed by atoms with van der Waals surface area (Å²) in [4.78, 5) is 22.7. The number of carboxylic acids is 1. The maximum absolute atomic E-state index is 12.7. The molecule has 0 aromatic heterocycles. The molecule has 0 amide bonds. The number of carbonyl (C=O) groups excluding carboxylic acids is 1. The fourth-order valence-electron chi connectivity index (χ4n) is 5.59. The maximum Gasteiger partial charge on any atom is 0.511 e. The molecule has 9 nitrogen and oxygen atoms in total. The van der Waals surface area contributed by atoms with Gasteiger partial charge in [0.25, 0.3) is 0 Å². The maximum atomic E-state index is 12.7. The summed E-state index contributed by atoms with van der Waals surface area (Å²) < 4.78 is 67.2. The minimum Gasteiger partial charge on any atom is -0.481 e. The topological polar surface area (TPSA) is 160 Å². The number of halogens is 3. The number of nitrogens with one attached hydrogen (secondary N) is 1. The molecule has 4 rings (SSSR count). The zero-order valence-corrected chi connectivity index (χ0v) is 33.6. The zero-order valence-electron chi connectivity index (χ0n) is 31.1. The summed E-state index contributed by atoms with van der Waals surface area (Å²) in [6.45, 7) is 13.3. The van der Waals surface area contributed by atoms with Gasteiger partial charge >= 0.3 is 27.5 Å². The van der Waals surface area contributed by atoms with Crippen LogP contribution in [0.1, 0.15) is 74.5 Å². The number of carboxylic acid groups (broad SMARTS) is 1. The molecule has 0 aliphatic rings. The Labute approximate surface area is 328 Å². The molecular weight excluding hydrogens is 809 g/mol. The first-order chi connectivity index (χ1) is 24.8. The predicted molar refractivity (Wildman–Crippen MR) is 198 cm³/mol. The van der Waals surface area contributed by atoms with Gasteiger partial charge in [-0.2, -0.15) is 23.2 Å². The van der Waals surface area contributed by atoms with Gasteiger partial charge in [-0.25, -0.2) is 8.42 Å². The van der Waals surface area contributed by atoms with Crippen molar-refractivity contribution in [3.8, 4) is 6.07 Å². The van der Waals surface area contributed by atoms with Gasteiger partial charge in [0.15, 0.2) is 5.92 Å². The Hall–Kier alpha value is -4.41. The SMILES string of the molecule is COC(=O)C(C(=O)O)C(CC#N)c1ccccc1.Cc1c(C)c(C)c(C)c(C)c1C.N[C@@H](c1ccccc1)[C@@H](NS(=O)(=O)C(F)(F)F)c1ccccc1.[Ru]. The quantitative estimate of drug-likeness (QED) is 0.0824. The van der Waals surface area contributed by atoms with E-state index in [0.717, 1.165) is 7.11 Å². The summed E-state index contributed by atoms with van der Waals surface area (Å²) >= 11 is 0. The summed E-state index contributed by atoms with van der Waals surface area (Å²) in [6.07, 6.45) is -0.0594. The largest absolute Gasteiger partial charge is 0.511 e. The molecule has 0 bridgehead atoms. The number of nitriles is 1. The minimum absolute atomic E-state index is 0. The van der Waals surface area contributed by atoms with Gasteiger partial charge in [-0.05, 0) is 91.6 Å². The van der Waals surface area contributed by atoms with Crippen molar-refractivity contribution in [3.05, 3.63) is 141 Å². The molecule has 14 heteroatoms. The Morgan fingerprint density at radius 1 is 0.759 bits per heavy atom. The summed E-state index contributed by atoms with van der Waals surface area (Å²) in [5.74, 6) is -4.20. The van der Waals surface area contributed by atoms with Crippen LogP contribution in [0.25, 0.3) is 0 Å². The van der Waals surface area contributed by atoms with Gasteiger partial charge in [-0.15, -0.1) is 0 Å². The third kappa shape index (κ3) is 12.6. The minimum atomic E-state index is -5.53. The number of nitrogens with two attached hydrogens (primary N) is 1. The van der Waals surface area contributed by atoms with Crippen molar-refractivity contribution in [2.45, 2.75) is 71.5 Å². The van der Waals surface area contributed by atoms with Gasteiger partial charge in [0, 0.05) is 31.8 Å². The Balaban J connectivity index is 0.000000421. The number of carbonyl (C=O) groups is 2. The fraction of sp³-hybridized carbons (Fsp3) is 0.325. The van der Waals surface area contributed by atoms with Crippen LogP contribution in [0.4, 0.5) is 13.2 Å². The van der Waals surface area contributed by atoms with E-state index in [0.29, 0.717) is 16.7 Å². The smallest absolute Gasteiger partial charge is 0.481 e. The molecule has 4 aromatic carbocycles. The van der Waals surface area contributed by atoms with E-state index in [-0.39, 0.29) is 25.9 Å². The zero-order chi connectivity index (χ0) is 40.1. The van der Waals surface area contributed by atoms with Crippen LogP contribution in [0.15, 0.2) is 91.0 Å². The van der Waals surface area contributed by atoms with Crippen LogP contribution in [-0.4, -0.2) is 38.1 Å². The van der Waals surface area contributed by atoms with Crippen LogP contribution in [0, 0.1) is 58.8 Å². The van der Waals surface area contributed by atoms with Crippen molar-refractivity contribution in [2.24, 2.45) is 11.7 Å². The number of hydrogen-bond acceptors (Lipinski definition) is 7. The van der Waals surface area contributed by atoms with E-state index in [1.165, 1.54) is 45.5 Å². The number of nitrogens with zero attached hydrogens (tertiary/aromatic N) is 1. The van der Waals surface area contributed by atoms with E-state index >= 15 is 0 Å².